The summed E-state index contributed by atoms with van der Waals surface area (Å²) in [5, 5.41) is 8.42. The standard InChI is InChI=1S/C8H18O.C7H8O3S/c1-2-3-4-5-6-7-8-9;1-6-2-4-7(5-3-6)11(8,9)10/h9H,2-8H2,1H3;2-5H,1H3,(H,8,9,10). The predicted octanol–water partition coefficient (Wildman–Crippen LogP) is 3.58. The Bertz CT molecular complexity index is 431. The van der Waals surface area contributed by atoms with Gasteiger partial charge < -0.3 is 5.11 Å². The van der Waals surface area contributed by atoms with Crippen molar-refractivity contribution in [1.29, 1.82) is 0 Å². The maximum Gasteiger partial charge on any atom is 0.294 e. The van der Waals surface area contributed by atoms with Crippen LogP contribution in [0.25, 0.3) is 0 Å². The van der Waals surface area contributed by atoms with Crippen molar-refractivity contribution in [3.05, 3.63) is 29.8 Å². The number of aryl methyl sites for hydroxylation is 1. The van der Waals surface area contributed by atoms with Gasteiger partial charge in [0.1, 0.15) is 0 Å². The highest BCUT2D eigenvalue weighted by molar-refractivity contribution is 7.85. The second-order valence-corrected chi connectivity index (χ2v) is 6.20. The molecule has 2 N–H and O–H groups in total. The maximum atomic E-state index is 10.5. The molecule has 0 saturated heterocycles. The molecule has 0 fully saturated rings. The number of benzene rings is 1. The number of hydrogen-bond donors (Lipinski definition) is 2. The van der Waals surface area contributed by atoms with Crippen LogP contribution in [0.2, 0.25) is 0 Å². The average molecular weight is 302 g/mol. The molecule has 1 rings (SSSR count). The summed E-state index contributed by atoms with van der Waals surface area (Å²) in [5.41, 5.74) is 0.956. The van der Waals surface area contributed by atoms with E-state index in [-0.39, 0.29) is 4.90 Å². The van der Waals surface area contributed by atoms with Crippen LogP contribution in [0.15, 0.2) is 29.2 Å². The molecule has 0 aliphatic rings. The first-order valence-corrected chi connectivity index (χ1v) is 8.50. The third-order valence-corrected chi connectivity index (χ3v) is 3.70. The Morgan fingerprint density at radius 1 is 0.950 bits per heavy atom. The molecule has 0 bridgehead atoms. The highest BCUT2D eigenvalue weighted by Gasteiger charge is 2.06. The monoisotopic (exact) mass is 302 g/mol. The molecule has 0 aliphatic carbocycles. The lowest BCUT2D eigenvalue weighted by Crippen LogP contribution is -1.96. The van der Waals surface area contributed by atoms with E-state index in [1.165, 1.54) is 44.2 Å². The molecule has 0 aliphatic heterocycles. The van der Waals surface area contributed by atoms with Gasteiger partial charge in [-0.3, -0.25) is 4.55 Å². The lowest BCUT2D eigenvalue weighted by atomic mass is 10.1. The molecule has 0 heterocycles. The molecule has 0 spiro atoms. The molecule has 1 aromatic rings. The molecular weight excluding hydrogens is 276 g/mol. The largest absolute Gasteiger partial charge is 0.396 e. The van der Waals surface area contributed by atoms with Crippen molar-refractivity contribution < 1.29 is 18.1 Å². The van der Waals surface area contributed by atoms with Crippen LogP contribution in [0, 0.1) is 6.92 Å². The van der Waals surface area contributed by atoms with Gasteiger partial charge in [0, 0.05) is 6.61 Å². The predicted molar refractivity (Wildman–Crippen MR) is 81.5 cm³/mol. The summed E-state index contributed by atoms with van der Waals surface area (Å²) in [7, 11) is -4.02. The van der Waals surface area contributed by atoms with Gasteiger partial charge in [0.15, 0.2) is 0 Å². The van der Waals surface area contributed by atoms with Crippen molar-refractivity contribution in [1.82, 2.24) is 0 Å². The van der Waals surface area contributed by atoms with Gasteiger partial charge in [-0.1, -0.05) is 56.7 Å². The molecule has 0 radical (unpaired) electrons. The number of aliphatic hydroxyl groups is 1. The van der Waals surface area contributed by atoms with Gasteiger partial charge in [-0.15, -0.1) is 0 Å². The fraction of sp³-hybridized carbons (Fsp3) is 0.600. The van der Waals surface area contributed by atoms with Gasteiger partial charge in [-0.2, -0.15) is 8.42 Å². The van der Waals surface area contributed by atoms with Crippen LogP contribution in [0.1, 0.15) is 51.0 Å². The van der Waals surface area contributed by atoms with Crippen molar-refractivity contribution in [3.63, 3.8) is 0 Å². The molecule has 20 heavy (non-hydrogen) atoms. The minimum Gasteiger partial charge on any atom is -0.396 e. The topological polar surface area (TPSA) is 74.6 Å². The minimum absolute atomic E-state index is 0.0666. The van der Waals surface area contributed by atoms with Gasteiger partial charge in [0.05, 0.1) is 4.90 Å². The second-order valence-electron chi connectivity index (χ2n) is 4.78. The smallest absolute Gasteiger partial charge is 0.294 e. The normalized spacial score (nSPS) is 10.8. The fourth-order valence-electron chi connectivity index (χ4n) is 1.60. The quantitative estimate of drug-likeness (QED) is 0.596. The molecule has 5 heteroatoms. The van der Waals surface area contributed by atoms with E-state index in [9.17, 15) is 8.42 Å². The van der Waals surface area contributed by atoms with Crippen LogP contribution in [-0.4, -0.2) is 24.7 Å². The highest BCUT2D eigenvalue weighted by atomic mass is 32.2. The summed E-state index contributed by atoms with van der Waals surface area (Å²) in [6.07, 6.45) is 7.50. The third kappa shape index (κ3) is 9.95. The van der Waals surface area contributed by atoms with E-state index < -0.39 is 10.1 Å². The molecule has 116 valence electrons. The highest BCUT2D eigenvalue weighted by Crippen LogP contribution is 2.08. The summed E-state index contributed by atoms with van der Waals surface area (Å²) in [6.45, 7) is 4.42. The van der Waals surface area contributed by atoms with Crippen LogP contribution in [-0.2, 0) is 10.1 Å². The van der Waals surface area contributed by atoms with Crippen molar-refractivity contribution in [3.8, 4) is 0 Å². The zero-order valence-corrected chi connectivity index (χ0v) is 13.2. The van der Waals surface area contributed by atoms with E-state index in [4.69, 9.17) is 9.66 Å². The maximum absolute atomic E-state index is 10.5. The summed E-state index contributed by atoms with van der Waals surface area (Å²) < 4.78 is 29.6. The molecule has 0 saturated carbocycles. The van der Waals surface area contributed by atoms with Crippen molar-refractivity contribution in [2.24, 2.45) is 0 Å². The molecule has 4 nitrogen and oxygen atoms in total. The molecular formula is C15H26O4S. The van der Waals surface area contributed by atoms with E-state index in [2.05, 4.69) is 6.92 Å². The molecule has 0 atom stereocenters. The Hall–Kier alpha value is -0.910. The zero-order valence-electron chi connectivity index (χ0n) is 12.4. The number of rotatable bonds is 7. The summed E-state index contributed by atoms with van der Waals surface area (Å²) in [6, 6.07) is 5.99. The Balaban J connectivity index is 0.000000370. The number of aliphatic hydroxyl groups excluding tert-OH is 1. The van der Waals surface area contributed by atoms with Gasteiger partial charge in [-0.25, -0.2) is 0 Å². The lowest BCUT2D eigenvalue weighted by molar-refractivity contribution is 0.282. The Kier molecular flexibility index (Phi) is 10.3. The van der Waals surface area contributed by atoms with Crippen LogP contribution < -0.4 is 0 Å². The first-order chi connectivity index (χ1) is 9.41. The average Bonchev–Trinajstić information content (AvgIpc) is 2.39. The SMILES string of the molecule is CCCCCCCCO.Cc1ccc(S(=O)(=O)O)cc1. The minimum atomic E-state index is -4.02. The van der Waals surface area contributed by atoms with Crippen LogP contribution >= 0.6 is 0 Å². The van der Waals surface area contributed by atoms with Crippen LogP contribution in [0.5, 0.6) is 0 Å². The van der Waals surface area contributed by atoms with Gasteiger partial charge in [0.2, 0.25) is 0 Å². The zero-order chi connectivity index (χ0) is 15.4. The molecule has 1 aromatic carbocycles. The van der Waals surface area contributed by atoms with E-state index in [0.717, 1.165) is 12.0 Å². The summed E-state index contributed by atoms with van der Waals surface area (Å²) in [5.74, 6) is 0. The summed E-state index contributed by atoms with van der Waals surface area (Å²) >= 11 is 0. The molecule has 0 unspecified atom stereocenters. The Labute approximate surface area is 122 Å². The Morgan fingerprint density at radius 3 is 1.90 bits per heavy atom. The van der Waals surface area contributed by atoms with E-state index >= 15 is 0 Å². The van der Waals surface area contributed by atoms with Crippen LogP contribution in [0.4, 0.5) is 0 Å². The molecule has 0 aromatic heterocycles. The number of unbranched alkanes of at least 4 members (excludes halogenated alkanes) is 5. The first-order valence-electron chi connectivity index (χ1n) is 7.06. The van der Waals surface area contributed by atoms with E-state index in [1.54, 1.807) is 12.1 Å². The van der Waals surface area contributed by atoms with E-state index in [1.807, 2.05) is 6.92 Å². The van der Waals surface area contributed by atoms with Crippen molar-refractivity contribution in [2.45, 2.75) is 57.3 Å². The van der Waals surface area contributed by atoms with Gasteiger partial charge in [0.25, 0.3) is 10.1 Å². The number of hydrogen-bond acceptors (Lipinski definition) is 3. The summed E-state index contributed by atoms with van der Waals surface area (Å²) in [4.78, 5) is -0.0666. The lowest BCUT2D eigenvalue weighted by Gasteiger charge is -1.95. The fourth-order valence-corrected chi connectivity index (χ4v) is 2.08. The van der Waals surface area contributed by atoms with Gasteiger partial charge >= 0.3 is 0 Å². The van der Waals surface area contributed by atoms with Crippen molar-refractivity contribution >= 4 is 10.1 Å². The first kappa shape index (κ1) is 19.1. The van der Waals surface area contributed by atoms with E-state index in [0.29, 0.717) is 6.61 Å². The van der Waals surface area contributed by atoms with Gasteiger partial charge in [-0.05, 0) is 25.5 Å². The second kappa shape index (κ2) is 10.8. The Morgan fingerprint density at radius 2 is 1.45 bits per heavy atom. The van der Waals surface area contributed by atoms with Crippen LogP contribution in [0.3, 0.4) is 0 Å². The van der Waals surface area contributed by atoms with Crippen molar-refractivity contribution in [2.75, 3.05) is 6.61 Å². The molecule has 0 amide bonds. The third-order valence-electron chi connectivity index (χ3n) is 2.83.